The van der Waals surface area contributed by atoms with E-state index in [1.54, 1.807) is 36.4 Å². The standard InChI is InChI=1S/C16H16FNO3/c17-13-3-1-12(2-4-13)11-21-16(19)9-10-20-15-7-5-14(18)6-8-15/h1-8H,9-11,18H2. The summed E-state index contributed by atoms with van der Waals surface area (Å²) in [7, 11) is 0. The molecule has 4 nitrogen and oxygen atoms in total. The van der Waals surface area contributed by atoms with Crippen molar-refractivity contribution in [1.82, 2.24) is 0 Å². The first-order valence-corrected chi connectivity index (χ1v) is 6.52. The van der Waals surface area contributed by atoms with Crippen molar-refractivity contribution in [3.63, 3.8) is 0 Å². The Balaban J connectivity index is 1.67. The lowest BCUT2D eigenvalue weighted by atomic mass is 10.2. The van der Waals surface area contributed by atoms with Crippen LogP contribution in [0.2, 0.25) is 0 Å². The zero-order valence-corrected chi connectivity index (χ0v) is 11.4. The van der Waals surface area contributed by atoms with E-state index in [2.05, 4.69) is 0 Å². The monoisotopic (exact) mass is 289 g/mol. The fourth-order valence-electron chi connectivity index (χ4n) is 1.63. The molecule has 0 atom stereocenters. The molecule has 0 fully saturated rings. The highest BCUT2D eigenvalue weighted by Crippen LogP contribution is 2.13. The predicted octanol–water partition coefficient (Wildman–Crippen LogP) is 2.92. The summed E-state index contributed by atoms with van der Waals surface area (Å²) in [5.41, 5.74) is 6.95. The molecule has 0 spiro atoms. The number of rotatable bonds is 6. The lowest BCUT2D eigenvalue weighted by Crippen LogP contribution is -2.10. The maximum Gasteiger partial charge on any atom is 0.309 e. The topological polar surface area (TPSA) is 61.5 Å². The molecular weight excluding hydrogens is 273 g/mol. The smallest absolute Gasteiger partial charge is 0.309 e. The normalized spacial score (nSPS) is 10.1. The third kappa shape index (κ3) is 5.14. The Morgan fingerprint density at radius 2 is 1.71 bits per heavy atom. The third-order valence-corrected chi connectivity index (χ3v) is 2.77. The van der Waals surface area contributed by atoms with E-state index in [1.807, 2.05) is 0 Å². The first kappa shape index (κ1) is 14.8. The SMILES string of the molecule is Nc1ccc(OCCC(=O)OCc2ccc(F)cc2)cc1. The van der Waals surface area contributed by atoms with Crippen LogP contribution in [0, 0.1) is 5.82 Å². The van der Waals surface area contributed by atoms with Crippen molar-refractivity contribution in [3.8, 4) is 5.75 Å². The summed E-state index contributed by atoms with van der Waals surface area (Å²) in [6.45, 7) is 0.354. The number of esters is 1. The first-order valence-electron chi connectivity index (χ1n) is 6.52. The molecule has 2 N–H and O–H groups in total. The van der Waals surface area contributed by atoms with Gasteiger partial charge in [0.05, 0.1) is 13.0 Å². The summed E-state index contributed by atoms with van der Waals surface area (Å²) in [5, 5.41) is 0. The number of hydrogen-bond acceptors (Lipinski definition) is 4. The minimum Gasteiger partial charge on any atom is -0.493 e. The van der Waals surface area contributed by atoms with Gasteiger partial charge in [-0.2, -0.15) is 0 Å². The molecule has 2 aromatic rings. The summed E-state index contributed by atoms with van der Waals surface area (Å²) >= 11 is 0. The van der Waals surface area contributed by atoms with Crippen LogP contribution in [0.4, 0.5) is 10.1 Å². The van der Waals surface area contributed by atoms with Crippen LogP contribution in [-0.4, -0.2) is 12.6 Å². The van der Waals surface area contributed by atoms with Crippen LogP contribution in [0.15, 0.2) is 48.5 Å². The summed E-state index contributed by atoms with van der Waals surface area (Å²) in [4.78, 5) is 11.5. The van der Waals surface area contributed by atoms with Gasteiger partial charge in [-0.1, -0.05) is 12.1 Å². The van der Waals surface area contributed by atoms with Gasteiger partial charge in [0.25, 0.3) is 0 Å². The van der Waals surface area contributed by atoms with E-state index in [-0.39, 0.29) is 31.4 Å². The highest BCUT2D eigenvalue weighted by atomic mass is 19.1. The van der Waals surface area contributed by atoms with Gasteiger partial charge in [0.15, 0.2) is 0 Å². The van der Waals surface area contributed by atoms with Crippen molar-refractivity contribution in [2.24, 2.45) is 0 Å². The summed E-state index contributed by atoms with van der Waals surface area (Å²) in [6.07, 6.45) is 0.144. The molecule has 0 amide bonds. The van der Waals surface area contributed by atoms with Gasteiger partial charge in [-0.15, -0.1) is 0 Å². The molecule has 2 aromatic carbocycles. The molecule has 110 valence electrons. The van der Waals surface area contributed by atoms with E-state index in [0.29, 0.717) is 11.4 Å². The molecule has 0 unspecified atom stereocenters. The number of nitrogens with two attached hydrogens (primary N) is 1. The van der Waals surface area contributed by atoms with Crippen LogP contribution in [0.25, 0.3) is 0 Å². The zero-order chi connectivity index (χ0) is 15.1. The Labute approximate surface area is 122 Å². The maximum absolute atomic E-state index is 12.7. The molecule has 5 heteroatoms. The fraction of sp³-hybridized carbons (Fsp3) is 0.188. The number of nitrogen functional groups attached to an aromatic ring is 1. The van der Waals surface area contributed by atoms with E-state index in [0.717, 1.165) is 5.56 Å². The maximum atomic E-state index is 12.7. The van der Waals surface area contributed by atoms with Crippen molar-refractivity contribution in [1.29, 1.82) is 0 Å². The molecule has 0 aliphatic rings. The van der Waals surface area contributed by atoms with Crippen LogP contribution in [-0.2, 0) is 16.1 Å². The number of halogens is 1. The van der Waals surface area contributed by atoms with Gasteiger partial charge in [0, 0.05) is 5.69 Å². The molecule has 0 heterocycles. The molecule has 0 radical (unpaired) electrons. The van der Waals surface area contributed by atoms with Crippen LogP contribution >= 0.6 is 0 Å². The molecule has 2 rings (SSSR count). The van der Waals surface area contributed by atoms with E-state index in [4.69, 9.17) is 15.2 Å². The second-order valence-corrected chi connectivity index (χ2v) is 4.45. The summed E-state index contributed by atoms with van der Waals surface area (Å²) in [6, 6.07) is 12.7. The van der Waals surface area contributed by atoms with Gasteiger partial charge in [-0.25, -0.2) is 4.39 Å². The highest BCUT2D eigenvalue weighted by Gasteiger charge is 2.04. The minimum absolute atomic E-state index is 0.126. The molecule has 0 aliphatic carbocycles. The Morgan fingerprint density at radius 1 is 1.05 bits per heavy atom. The van der Waals surface area contributed by atoms with Crippen LogP contribution in [0.1, 0.15) is 12.0 Å². The van der Waals surface area contributed by atoms with Crippen molar-refractivity contribution in [3.05, 3.63) is 59.9 Å². The zero-order valence-electron chi connectivity index (χ0n) is 11.4. The Bertz CT molecular complexity index is 581. The Kier molecular flexibility index (Phi) is 5.15. The second-order valence-electron chi connectivity index (χ2n) is 4.45. The number of hydrogen-bond donors (Lipinski definition) is 1. The number of benzene rings is 2. The number of ether oxygens (including phenoxy) is 2. The van der Waals surface area contributed by atoms with Gasteiger partial charge < -0.3 is 15.2 Å². The van der Waals surface area contributed by atoms with Crippen molar-refractivity contribution >= 4 is 11.7 Å². The molecule has 0 aliphatic heterocycles. The third-order valence-electron chi connectivity index (χ3n) is 2.77. The largest absolute Gasteiger partial charge is 0.493 e. The molecule has 21 heavy (non-hydrogen) atoms. The van der Waals surface area contributed by atoms with E-state index >= 15 is 0 Å². The van der Waals surface area contributed by atoms with Crippen LogP contribution < -0.4 is 10.5 Å². The molecule has 0 bridgehead atoms. The minimum atomic E-state index is -0.366. The van der Waals surface area contributed by atoms with Gasteiger partial charge in [0.1, 0.15) is 18.2 Å². The number of anilines is 1. The average molecular weight is 289 g/mol. The van der Waals surface area contributed by atoms with E-state index in [9.17, 15) is 9.18 Å². The lowest BCUT2D eigenvalue weighted by molar-refractivity contribution is -0.145. The number of carbonyl (C=O) groups excluding carboxylic acids is 1. The van der Waals surface area contributed by atoms with Gasteiger partial charge in [-0.05, 0) is 42.0 Å². The fourth-order valence-corrected chi connectivity index (χ4v) is 1.63. The second kappa shape index (κ2) is 7.28. The predicted molar refractivity (Wildman–Crippen MR) is 77.2 cm³/mol. The Hall–Kier alpha value is -2.56. The average Bonchev–Trinajstić information content (AvgIpc) is 2.49. The molecule has 0 aromatic heterocycles. The van der Waals surface area contributed by atoms with Crippen molar-refractivity contribution < 1.29 is 18.7 Å². The van der Waals surface area contributed by atoms with Gasteiger partial charge in [0.2, 0.25) is 0 Å². The van der Waals surface area contributed by atoms with E-state index < -0.39 is 0 Å². The van der Waals surface area contributed by atoms with Crippen LogP contribution in [0.5, 0.6) is 5.75 Å². The lowest BCUT2D eigenvalue weighted by Gasteiger charge is -2.07. The first-order chi connectivity index (χ1) is 10.1. The van der Waals surface area contributed by atoms with E-state index in [1.165, 1.54) is 12.1 Å². The number of carbonyl (C=O) groups is 1. The van der Waals surface area contributed by atoms with Crippen LogP contribution in [0.3, 0.4) is 0 Å². The quantitative estimate of drug-likeness (QED) is 0.656. The van der Waals surface area contributed by atoms with Gasteiger partial charge in [-0.3, -0.25) is 4.79 Å². The molecule has 0 saturated heterocycles. The van der Waals surface area contributed by atoms with Crippen molar-refractivity contribution in [2.45, 2.75) is 13.0 Å². The Morgan fingerprint density at radius 3 is 2.38 bits per heavy atom. The molecular formula is C16H16FNO3. The van der Waals surface area contributed by atoms with Crippen molar-refractivity contribution in [2.75, 3.05) is 12.3 Å². The van der Waals surface area contributed by atoms with Gasteiger partial charge >= 0.3 is 5.97 Å². The summed E-state index contributed by atoms with van der Waals surface area (Å²) < 4.78 is 23.2. The summed E-state index contributed by atoms with van der Waals surface area (Å²) in [5.74, 6) is -0.0349. The highest BCUT2D eigenvalue weighted by molar-refractivity contribution is 5.69. The molecule has 0 saturated carbocycles.